The van der Waals surface area contributed by atoms with Crippen LogP contribution in [0.15, 0.2) is 18.2 Å². The summed E-state index contributed by atoms with van der Waals surface area (Å²) in [7, 11) is 0. The number of urea groups is 1. The van der Waals surface area contributed by atoms with E-state index in [2.05, 4.69) is 24.5 Å². The molecule has 118 valence electrons. The zero-order chi connectivity index (χ0) is 15.9. The number of hydrogen-bond donors (Lipinski definition) is 3. The van der Waals surface area contributed by atoms with Crippen LogP contribution in [0.3, 0.4) is 0 Å². The van der Waals surface area contributed by atoms with Crippen LogP contribution < -0.4 is 10.6 Å². The average molecular weight is 292 g/mol. The lowest BCUT2D eigenvalue weighted by Crippen LogP contribution is -2.52. The number of aliphatic hydroxyl groups excluding tert-OH is 1. The molecule has 0 saturated heterocycles. The number of carbonyl (C=O) groups excluding carboxylic acids is 1. The molecule has 0 heterocycles. The molecule has 0 fully saturated rings. The molecule has 0 saturated carbocycles. The van der Waals surface area contributed by atoms with E-state index in [0.717, 1.165) is 29.7 Å². The lowest BCUT2D eigenvalue weighted by Gasteiger charge is -2.31. The number of para-hydroxylation sites is 1. The van der Waals surface area contributed by atoms with Crippen molar-refractivity contribution in [3.8, 4) is 0 Å². The van der Waals surface area contributed by atoms with Gasteiger partial charge >= 0.3 is 6.03 Å². The summed E-state index contributed by atoms with van der Waals surface area (Å²) in [5, 5.41) is 15.5. The van der Waals surface area contributed by atoms with Gasteiger partial charge in [-0.2, -0.15) is 0 Å². The number of hydrogen-bond acceptors (Lipinski definition) is 2. The number of rotatable bonds is 7. The quantitative estimate of drug-likeness (QED) is 0.720. The summed E-state index contributed by atoms with van der Waals surface area (Å²) in [6.45, 7) is 8.04. The molecule has 0 aliphatic heterocycles. The van der Waals surface area contributed by atoms with Gasteiger partial charge in [0.05, 0.1) is 12.1 Å². The van der Waals surface area contributed by atoms with Gasteiger partial charge in [0.2, 0.25) is 0 Å². The number of nitrogens with one attached hydrogen (secondary N) is 2. The second kappa shape index (κ2) is 8.03. The van der Waals surface area contributed by atoms with Gasteiger partial charge in [-0.1, -0.05) is 45.9 Å². The fourth-order valence-corrected chi connectivity index (χ4v) is 2.48. The first kappa shape index (κ1) is 17.5. The van der Waals surface area contributed by atoms with Gasteiger partial charge in [-0.25, -0.2) is 4.79 Å². The van der Waals surface area contributed by atoms with E-state index < -0.39 is 5.54 Å². The molecule has 0 spiro atoms. The van der Waals surface area contributed by atoms with Gasteiger partial charge in [0, 0.05) is 5.69 Å². The molecule has 2 amide bonds. The third-order valence-electron chi connectivity index (χ3n) is 4.27. The van der Waals surface area contributed by atoms with E-state index in [4.69, 9.17) is 0 Å². The smallest absolute Gasteiger partial charge is 0.319 e. The van der Waals surface area contributed by atoms with E-state index in [-0.39, 0.29) is 12.6 Å². The van der Waals surface area contributed by atoms with E-state index in [1.165, 1.54) is 0 Å². The molecule has 0 radical (unpaired) electrons. The van der Waals surface area contributed by atoms with Crippen molar-refractivity contribution in [1.29, 1.82) is 0 Å². The number of anilines is 1. The van der Waals surface area contributed by atoms with Crippen molar-refractivity contribution in [1.82, 2.24) is 5.32 Å². The number of benzene rings is 1. The van der Waals surface area contributed by atoms with Gasteiger partial charge in [-0.3, -0.25) is 0 Å². The lowest BCUT2D eigenvalue weighted by molar-refractivity contribution is 0.155. The maximum atomic E-state index is 12.3. The summed E-state index contributed by atoms with van der Waals surface area (Å²) in [5.41, 5.74) is 2.62. The molecule has 1 rings (SSSR count). The number of aliphatic hydroxyl groups is 1. The molecule has 0 bridgehead atoms. The van der Waals surface area contributed by atoms with E-state index in [1.807, 2.05) is 32.0 Å². The Hall–Kier alpha value is -1.55. The number of amides is 2. The van der Waals surface area contributed by atoms with Gasteiger partial charge in [-0.15, -0.1) is 0 Å². The largest absolute Gasteiger partial charge is 0.394 e. The van der Waals surface area contributed by atoms with Gasteiger partial charge in [0.15, 0.2) is 0 Å². The van der Waals surface area contributed by atoms with Crippen LogP contribution in [0.2, 0.25) is 0 Å². The Labute approximate surface area is 128 Å². The van der Waals surface area contributed by atoms with Crippen LogP contribution in [-0.2, 0) is 12.8 Å². The Morgan fingerprint density at radius 2 is 1.62 bits per heavy atom. The summed E-state index contributed by atoms with van der Waals surface area (Å²) < 4.78 is 0. The van der Waals surface area contributed by atoms with Gasteiger partial charge in [-0.05, 0) is 36.8 Å². The monoisotopic (exact) mass is 292 g/mol. The fourth-order valence-electron chi connectivity index (χ4n) is 2.48. The Balaban J connectivity index is 2.93. The number of carbonyl (C=O) groups is 1. The third kappa shape index (κ3) is 4.21. The highest BCUT2D eigenvalue weighted by atomic mass is 16.3. The van der Waals surface area contributed by atoms with E-state index >= 15 is 0 Å². The summed E-state index contributed by atoms with van der Waals surface area (Å²) in [4.78, 5) is 12.3. The Bertz CT molecular complexity index is 437. The van der Waals surface area contributed by atoms with Gasteiger partial charge in [0.1, 0.15) is 0 Å². The maximum Gasteiger partial charge on any atom is 0.319 e. The van der Waals surface area contributed by atoms with Crippen LogP contribution in [0.4, 0.5) is 10.5 Å². The Morgan fingerprint density at radius 1 is 1.10 bits per heavy atom. The molecule has 4 nitrogen and oxygen atoms in total. The number of aryl methyl sites for hydroxylation is 2. The van der Waals surface area contributed by atoms with E-state index in [0.29, 0.717) is 12.8 Å². The molecule has 0 aliphatic carbocycles. The van der Waals surface area contributed by atoms with Crippen molar-refractivity contribution in [2.75, 3.05) is 11.9 Å². The fraction of sp³-hybridized carbons (Fsp3) is 0.588. The molecule has 0 unspecified atom stereocenters. The second-order valence-electron chi connectivity index (χ2n) is 5.38. The van der Waals surface area contributed by atoms with E-state index in [1.54, 1.807) is 0 Å². The van der Waals surface area contributed by atoms with Crippen LogP contribution in [0.1, 0.15) is 51.7 Å². The first-order valence-corrected chi connectivity index (χ1v) is 7.86. The molecule has 0 aromatic heterocycles. The molecule has 4 heteroatoms. The minimum Gasteiger partial charge on any atom is -0.394 e. The summed E-state index contributed by atoms with van der Waals surface area (Å²) in [6, 6.07) is 5.85. The van der Waals surface area contributed by atoms with Crippen LogP contribution in [0, 0.1) is 0 Å². The van der Waals surface area contributed by atoms with E-state index in [9.17, 15) is 9.90 Å². The maximum absolute atomic E-state index is 12.3. The highest BCUT2D eigenvalue weighted by molar-refractivity contribution is 5.91. The van der Waals surface area contributed by atoms with Gasteiger partial charge < -0.3 is 15.7 Å². The molecular weight excluding hydrogens is 264 g/mol. The van der Waals surface area contributed by atoms with Crippen molar-refractivity contribution in [2.45, 2.75) is 58.9 Å². The predicted molar refractivity (Wildman–Crippen MR) is 87.8 cm³/mol. The van der Waals surface area contributed by atoms with Crippen molar-refractivity contribution >= 4 is 11.7 Å². The van der Waals surface area contributed by atoms with Gasteiger partial charge in [0.25, 0.3) is 0 Å². The zero-order valence-electron chi connectivity index (χ0n) is 13.6. The van der Waals surface area contributed by atoms with Crippen molar-refractivity contribution in [2.24, 2.45) is 0 Å². The average Bonchev–Trinajstić information content (AvgIpc) is 2.52. The summed E-state index contributed by atoms with van der Waals surface area (Å²) >= 11 is 0. The van der Waals surface area contributed by atoms with Crippen molar-refractivity contribution < 1.29 is 9.90 Å². The molecule has 3 N–H and O–H groups in total. The molecule has 1 aromatic rings. The summed E-state index contributed by atoms with van der Waals surface area (Å²) in [6.07, 6.45) is 3.14. The second-order valence-corrected chi connectivity index (χ2v) is 5.38. The Kier molecular flexibility index (Phi) is 6.69. The molecule has 21 heavy (non-hydrogen) atoms. The SMILES string of the molecule is CCc1cccc(CC)c1NC(=O)NC(CC)(CC)CO. The summed E-state index contributed by atoms with van der Waals surface area (Å²) in [5.74, 6) is 0. The first-order chi connectivity index (χ1) is 10.1. The van der Waals surface area contributed by atoms with Crippen molar-refractivity contribution in [3.63, 3.8) is 0 Å². The Morgan fingerprint density at radius 3 is 2.00 bits per heavy atom. The van der Waals surface area contributed by atoms with Crippen LogP contribution in [-0.4, -0.2) is 23.3 Å². The molecule has 1 aromatic carbocycles. The highest BCUT2D eigenvalue weighted by Gasteiger charge is 2.27. The predicted octanol–water partition coefficient (Wildman–Crippen LogP) is 3.48. The topological polar surface area (TPSA) is 61.4 Å². The standard InChI is InChI=1S/C17H28N2O2/c1-5-13-10-9-11-14(6-2)15(13)18-16(21)19-17(7-3,8-4)12-20/h9-11,20H,5-8,12H2,1-4H3,(H2,18,19,21). The minimum absolute atomic E-state index is 0.0521. The molecule has 0 atom stereocenters. The first-order valence-electron chi connectivity index (χ1n) is 7.86. The molecule has 0 aliphatic rings. The third-order valence-corrected chi connectivity index (χ3v) is 4.27. The van der Waals surface area contributed by atoms with Crippen LogP contribution >= 0.6 is 0 Å². The van der Waals surface area contributed by atoms with Crippen LogP contribution in [0.5, 0.6) is 0 Å². The molecular formula is C17H28N2O2. The normalized spacial score (nSPS) is 11.3. The van der Waals surface area contributed by atoms with Crippen molar-refractivity contribution in [3.05, 3.63) is 29.3 Å². The zero-order valence-corrected chi connectivity index (χ0v) is 13.6. The lowest BCUT2D eigenvalue weighted by atomic mass is 9.94. The minimum atomic E-state index is -0.544. The highest BCUT2D eigenvalue weighted by Crippen LogP contribution is 2.23. The van der Waals surface area contributed by atoms with Crippen LogP contribution in [0.25, 0.3) is 0 Å².